The second kappa shape index (κ2) is 5.88. The van der Waals surface area contributed by atoms with Gasteiger partial charge in [-0.1, -0.05) is 6.07 Å². The average Bonchev–Trinajstić information content (AvgIpc) is 2.95. The number of carbonyl (C=O) groups excluding carboxylic acids is 1. The van der Waals surface area contributed by atoms with E-state index < -0.39 is 0 Å². The summed E-state index contributed by atoms with van der Waals surface area (Å²) in [6, 6.07) is 4.49. The van der Waals surface area contributed by atoms with Crippen molar-refractivity contribution in [2.45, 2.75) is 13.0 Å². The molecule has 22 heavy (non-hydrogen) atoms. The quantitative estimate of drug-likeness (QED) is 0.918. The third kappa shape index (κ3) is 2.62. The van der Waals surface area contributed by atoms with Crippen molar-refractivity contribution in [1.82, 2.24) is 19.8 Å². The predicted octanol–water partition coefficient (Wildman–Crippen LogP) is 1.65. The maximum Gasteiger partial charge on any atom is 0.254 e. The molecule has 0 saturated carbocycles. The van der Waals surface area contributed by atoms with E-state index in [0.29, 0.717) is 24.2 Å². The van der Waals surface area contributed by atoms with Crippen molar-refractivity contribution in [2.24, 2.45) is 7.05 Å². The van der Waals surface area contributed by atoms with Crippen LogP contribution in [0.25, 0.3) is 0 Å². The first-order chi connectivity index (χ1) is 10.6. The number of hydrogen-bond acceptors (Lipinski definition) is 3. The zero-order valence-corrected chi connectivity index (χ0v) is 12.7. The number of halogens is 1. The van der Waals surface area contributed by atoms with Gasteiger partial charge in [-0.25, -0.2) is 9.37 Å². The Morgan fingerprint density at radius 1 is 1.45 bits per heavy atom. The molecule has 1 aliphatic heterocycles. The van der Waals surface area contributed by atoms with Crippen LogP contribution in [0, 0.1) is 12.7 Å². The lowest BCUT2D eigenvalue weighted by Gasteiger charge is -2.35. The van der Waals surface area contributed by atoms with Gasteiger partial charge >= 0.3 is 0 Å². The molecule has 1 N–H and O–H groups in total. The molecule has 3 rings (SSSR count). The number of benzene rings is 1. The van der Waals surface area contributed by atoms with Gasteiger partial charge in [0.15, 0.2) is 0 Å². The summed E-state index contributed by atoms with van der Waals surface area (Å²) in [7, 11) is 1.91. The zero-order valence-electron chi connectivity index (χ0n) is 12.7. The minimum atomic E-state index is -0.352. The number of rotatable bonds is 2. The summed E-state index contributed by atoms with van der Waals surface area (Å²) in [6.07, 6.45) is 3.58. The number of aromatic nitrogens is 2. The summed E-state index contributed by atoms with van der Waals surface area (Å²) in [6.45, 7) is 3.63. The number of amides is 1. The second-order valence-electron chi connectivity index (χ2n) is 5.58. The maximum absolute atomic E-state index is 13.7. The topological polar surface area (TPSA) is 50.2 Å². The minimum absolute atomic E-state index is 0.148. The van der Waals surface area contributed by atoms with Crippen molar-refractivity contribution < 1.29 is 9.18 Å². The number of piperazine rings is 1. The highest BCUT2D eigenvalue weighted by Gasteiger charge is 2.31. The molecule has 116 valence electrons. The Balaban J connectivity index is 1.91. The number of imidazole rings is 1. The summed E-state index contributed by atoms with van der Waals surface area (Å²) >= 11 is 0. The summed E-state index contributed by atoms with van der Waals surface area (Å²) in [5, 5.41) is 3.29. The molecule has 1 atom stereocenters. The van der Waals surface area contributed by atoms with E-state index in [1.807, 2.05) is 17.8 Å². The summed E-state index contributed by atoms with van der Waals surface area (Å²) < 4.78 is 15.7. The molecule has 2 aromatic rings. The smallest absolute Gasteiger partial charge is 0.254 e. The van der Waals surface area contributed by atoms with Gasteiger partial charge in [-0.2, -0.15) is 0 Å². The van der Waals surface area contributed by atoms with E-state index in [2.05, 4.69) is 10.3 Å². The molecule has 0 radical (unpaired) electrons. The molecule has 0 aliphatic carbocycles. The molecule has 1 fully saturated rings. The van der Waals surface area contributed by atoms with Gasteiger partial charge in [0.1, 0.15) is 17.7 Å². The van der Waals surface area contributed by atoms with Crippen molar-refractivity contribution in [1.29, 1.82) is 0 Å². The van der Waals surface area contributed by atoms with Crippen LogP contribution in [0.15, 0.2) is 30.6 Å². The molecule has 0 bridgehead atoms. The normalized spacial score (nSPS) is 18.5. The number of carbonyl (C=O) groups is 1. The molecule has 1 aromatic heterocycles. The first-order valence-corrected chi connectivity index (χ1v) is 7.33. The Kier molecular flexibility index (Phi) is 3.94. The van der Waals surface area contributed by atoms with Crippen LogP contribution in [0.4, 0.5) is 4.39 Å². The molecule has 1 aromatic carbocycles. The lowest BCUT2D eigenvalue weighted by Crippen LogP contribution is -2.49. The van der Waals surface area contributed by atoms with Crippen LogP contribution < -0.4 is 5.32 Å². The van der Waals surface area contributed by atoms with Crippen LogP contribution >= 0.6 is 0 Å². The van der Waals surface area contributed by atoms with Crippen molar-refractivity contribution in [3.8, 4) is 0 Å². The molecule has 0 spiro atoms. The lowest BCUT2D eigenvalue weighted by molar-refractivity contribution is 0.0620. The molecule has 1 amide bonds. The van der Waals surface area contributed by atoms with Crippen LogP contribution in [0.1, 0.15) is 27.8 Å². The van der Waals surface area contributed by atoms with Crippen LogP contribution in [0.2, 0.25) is 0 Å². The Bertz CT molecular complexity index is 697. The van der Waals surface area contributed by atoms with E-state index in [0.717, 1.165) is 12.4 Å². The van der Waals surface area contributed by atoms with Crippen LogP contribution in [0.3, 0.4) is 0 Å². The van der Waals surface area contributed by atoms with Gasteiger partial charge in [0, 0.05) is 44.6 Å². The molecule has 5 nitrogen and oxygen atoms in total. The molecule has 1 aliphatic rings. The van der Waals surface area contributed by atoms with Gasteiger partial charge in [-0.05, 0) is 24.6 Å². The average molecular weight is 302 g/mol. The maximum atomic E-state index is 13.7. The number of hydrogen-bond donors (Lipinski definition) is 1. The Hall–Kier alpha value is -2.21. The molecule has 1 unspecified atom stereocenters. The number of nitrogens with zero attached hydrogens (tertiary/aromatic N) is 3. The van der Waals surface area contributed by atoms with E-state index in [9.17, 15) is 9.18 Å². The SMILES string of the molecule is Cc1ccc(C(=O)N2CCNCC2c2nccn2C)cc1F. The Morgan fingerprint density at radius 3 is 2.95 bits per heavy atom. The van der Waals surface area contributed by atoms with E-state index in [1.165, 1.54) is 6.07 Å². The minimum Gasteiger partial charge on any atom is -0.336 e. The second-order valence-corrected chi connectivity index (χ2v) is 5.58. The van der Waals surface area contributed by atoms with Crippen LogP contribution in [-0.2, 0) is 7.05 Å². The highest BCUT2D eigenvalue weighted by Crippen LogP contribution is 2.23. The van der Waals surface area contributed by atoms with Crippen molar-refractivity contribution >= 4 is 5.91 Å². The van der Waals surface area contributed by atoms with E-state index in [1.54, 1.807) is 30.2 Å². The van der Waals surface area contributed by atoms with E-state index in [4.69, 9.17) is 0 Å². The summed E-state index contributed by atoms with van der Waals surface area (Å²) in [4.78, 5) is 18.9. The van der Waals surface area contributed by atoms with Crippen molar-refractivity contribution in [2.75, 3.05) is 19.6 Å². The third-order valence-electron chi connectivity index (χ3n) is 4.08. The third-order valence-corrected chi connectivity index (χ3v) is 4.08. The van der Waals surface area contributed by atoms with Gasteiger partial charge in [0.05, 0.1) is 0 Å². The fraction of sp³-hybridized carbons (Fsp3) is 0.375. The summed E-state index contributed by atoms with van der Waals surface area (Å²) in [5.41, 5.74) is 0.918. The van der Waals surface area contributed by atoms with Crippen LogP contribution in [0.5, 0.6) is 0 Å². The van der Waals surface area contributed by atoms with Gasteiger partial charge in [-0.15, -0.1) is 0 Å². The van der Waals surface area contributed by atoms with Gasteiger partial charge in [-0.3, -0.25) is 4.79 Å². The van der Waals surface area contributed by atoms with E-state index in [-0.39, 0.29) is 17.8 Å². The predicted molar refractivity (Wildman–Crippen MR) is 81.0 cm³/mol. The fourth-order valence-corrected chi connectivity index (χ4v) is 2.77. The number of nitrogens with one attached hydrogen (secondary N) is 1. The first-order valence-electron chi connectivity index (χ1n) is 7.33. The molecule has 1 saturated heterocycles. The van der Waals surface area contributed by atoms with Crippen molar-refractivity contribution in [3.63, 3.8) is 0 Å². The van der Waals surface area contributed by atoms with Gasteiger partial charge in [0.2, 0.25) is 0 Å². The van der Waals surface area contributed by atoms with Gasteiger partial charge < -0.3 is 14.8 Å². The fourth-order valence-electron chi connectivity index (χ4n) is 2.77. The highest BCUT2D eigenvalue weighted by molar-refractivity contribution is 5.94. The monoisotopic (exact) mass is 302 g/mol. The highest BCUT2D eigenvalue weighted by atomic mass is 19.1. The van der Waals surface area contributed by atoms with Crippen molar-refractivity contribution in [3.05, 3.63) is 53.4 Å². The number of aryl methyl sites for hydroxylation is 2. The first kappa shape index (κ1) is 14.7. The molecule has 6 heteroatoms. The Morgan fingerprint density at radius 2 is 2.27 bits per heavy atom. The zero-order chi connectivity index (χ0) is 15.7. The van der Waals surface area contributed by atoms with Crippen LogP contribution in [-0.4, -0.2) is 40.0 Å². The Labute approximate surface area is 128 Å². The summed E-state index contributed by atoms with van der Waals surface area (Å²) in [5.74, 6) is 0.316. The molecular formula is C16H19FN4O. The van der Waals surface area contributed by atoms with E-state index >= 15 is 0 Å². The van der Waals surface area contributed by atoms with Gasteiger partial charge in [0.25, 0.3) is 5.91 Å². The molecule has 2 heterocycles. The lowest BCUT2D eigenvalue weighted by atomic mass is 10.1. The largest absolute Gasteiger partial charge is 0.336 e. The molecular weight excluding hydrogens is 283 g/mol. The standard InChI is InChI=1S/C16H19FN4O/c1-11-3-4-12(9-13(11)17)16(22)21-8-5-18-10-14(21)15-19-6-7-20(15)2/h3-4,6-7,9,14,18H,5,8,10H2,1-2H3.